The van der Waals surface area contributed by atoms with E-state index in [9.17, 15) is 0 Å². The summed E-state index contributed by atoms with van der Waals surface area (Å²) in [6.45, 7) is 0. The van der Waals surface area contributed by atoms with Crippen molar-refractivity contribution in [2.75, 3.05) is 4.90 Å². The number of hydrogen-bond acceptors (Lipinski definition) is 5. The van der Waals surface area contributed by atoms with Gasteiger partial charge in [-0.05, 0) is 82.9 Å². The molecule has 0 amide bonds. The number of benzene rings is 8. The van der Waals surface area contributed by atoms with Crippen molar-refractivity contribution in [2.45, 2.75) is 0 Å². The van der Waals surface area contributed by atoms with Gasteiger partial charge in [-0.2, -0.15) is 0 Å². The number of furan rings is 1. The number of fused-ring (bicyclic) bond motifs is 7. The highest BCUT2D eigenvalue weighted by molar-refractivity contribution is 7.26. The van der Waals surface area contributed by atoms with Crippen LogP contribution in [0.15, 0.2) is 191 Å². The predicted molar refractivity (Wildman–Crippen MR) is 225 cm³/mol. The van der Waals surface area contributed by atoms with Crippen LogP contribution in [-0.4, -0.2) is 4.98 Å². The largest absolute Gasteiger partial charge is 0.456 e. The molecule has 0 bridgehead atoms. The second kappa shape index (κ2) is 12.3. The first-order valence-electron chi connectivity index (χ1n) is 18.0. The Morgan fingerprint density at radius 2 is 1.09 bits per heavy atom. The van der Waals surface area contributed by atoms with E-state index in [4.69, 9.17) is 13.8 Å². The number of aromatic nitrogens is 1. The van der Waals surface area contributed by atoms with Gasteiger partial charge in [-0.15, -0.1) is 11.3 Å². The van der Waals surface area contributed by atoms with Gasteiger partial charge in [0.2, 0.25) is 5.89 Å². The molecule has 0 aliphatic heterocycles. The lowest BCUT2D eigenvalue weighted by Crippen LogP contribution is -2.10. The molecule has 5 heteroatoms. The molecule has 4 nitrogen and oxygen atoms in total. The van der Waals surface area contributed by atoms with Crippen molar-refractivity contribution in [3.8, 4) is 33.7 Å². The maximum Gasteiger partial charge on any atom is 0.227 e. The quantitative estimate of drug-likeness (QED) is 0.172. The molecule has 0 spiro atoms. The van der Waals surface area contributed by atoms with Crippen molar-refractivity contribution in [3.05, 3.63) is 182 Å². The van der Waals surface area contributed by atoms with Gasteiger partial charge in [-0.3, -0.25) is 0 Å². The topological polar surface area (TPSA) is 42.4 Å². The maximum atomic E-state index is 6.57. The molecule has 0 unspecified atom stereocenters. The SMILES string of the molecule is c1ccc(-c2cccc(N(c3ccc(-c4cccc5c4sc4ccccc45)cc3)c3ccc4c(c3)oc3cc5nc(-c6ccccc6)oc5cc34)c2)cc1. The third-order valence-corrected chi connectivity index (χ3v) is 11.5. The van der Waals surface area contributed by atoms with Crippen LogP contribution in [0.1, 0.15) is 0 Å². The second-order valence-electron chi connectivity index (χ2n) is 13.6. The first-order valence-corrected chi connectivity index (χ1v) is 18.8. The predicted octanol–water partition coefficient (Wildman–Crippen LogP) is 14.6. The molecule has 254 valence electrons. The third kappa shape index (κ3) is 5.09. The van der Waals surface area contributed by atoms with Gasteiger partial charge in [0, 0.05) is 65.7 Å². The van der Waals surface area contributed by atoms with Crippen LogP contribution in [-0.2, 0) is 0 Å². The Hall–Kier alpha value is -6.95. The first kappa shape index (κ1) is 30.7. The molecule has 0 aliphatic carbocycles. The summed E-state index contributed by atoms with van der Waals surface area (Å²) in [5.41, 5.74) is 11.9. The van der Waals surface area contributed by atoms with Gasteiger partial charge in [0.15, 0.2) is 5.58 Å². The number of thiophene rings is 1. The van der Waals surface area contributed by atoms with Crippen LogP contribution in [0.25, 0.3) is 86.9 Å². The highest BCUT2D eigenvalue weighted by Crippen LogP contribution is 2.43. The van der Waals surface area contributed by atoms with Crippen LogP contribution in [0.5, 0.6) is 0 Å². The Labute approximate surface area is 314 Å². The minimum atomic E-state index is 0.602. The third-order valence-electron chi connectivity index (χ3n) is 10.3. The molecule has 0 fully saturated rings. The molecule has 0 atom stereocenters. The lowest BCUT2D eigenvalue weighted by atomic mass is 10.0. The zero-order valence-electron chi connectivity index (χ0n) is 28.9. The van der Waals surface area contributed by atoms with Crippen LogP contribution in [0.4, 0.5) is 17.1 Å². The lowest BCUT2D eigenvalue weighted by Gasteiger charge is -2.26. The zero-order valence-corrected chi connectivity index (χ0v) is 29.8. The average Bonchev–Trinajstić information content (AvgIpc) is 3.94. The Morgan fingerprint density at radius 3 is 1.94 bits per heavy atom. The van der Waals surface area contributed by atoms with Gasteiger partial charge in [0.05, 0.1) is 0 Å². The number of anilines is 3. The van der Waals surface area contributed by atoms with E-state index in [0.717, 1.165) is 61.2 Å². The highest BCUT2D eigenvalue weighted by Gasteiger charge is 2.19. The average molecular weight is 711 g/mol. The van der Waals surface area contributed by atoms with Gasteiger partial charge in [0.25, 0.3) is 0 Å². The van der Waals surface area contributed by atoms with Crippen LogP contribution in [0.3, 0.4) is 0 Å². The van der Waals surface area contributed by atoms with E-state index in [2.05, 4.69) is 144 Å². The molecule has 0 N–H and O–H groups in total. The summed E-state index contributed by atoms with van der Waals surface area (Å²) in [4.78, 5) is 7.09. The molecule has 0 aliphatic rings. The normalized spacial score (nSPS) is 11.7. The monoisotopic (exact) mass is 710 g/mol. The standard InChI is InChI=1S/C49H30N2O2S/c1-3-11-31(12-4-1)34-15-9-16-36(27-34)51(35-23-21-32(22-24-35)38-18-10-19-41-40-17-7-8-20-47(40)54-48(38)41)37-25-26-39-42-29-46-43(30-45(42)52-44(39)28-37)50-49(53-46)33-13-5-2-6-14-33/h1-30H. The van der Waals surface area contributed by atoms with Crippen LogP contribution >= 0.6 is 11.3 Å². The number of oxazole rings is 1. The maximum absolute atomic E-state index is 6.57. The summed E-state index contributed by atoms with van der Waals surface area (Å²) >= 11 is 1.86. The molecule has 11 aromatic rings. The molecular weight excluding hydrogens is 681 g/mol. The van der Waals surface area contributed by atoms with Crippen LogP contribution < -0.4 is 4.90 Å². The van der Waals surface area contributed by atoms with Gasteiger partial charge in [-0.1, -0.05) is 109 Å². The molecule has 11 rings (SSSR count). The van der Waals surface area contributed by atoms with Gasteiger partial charge in [0.1, 0.15) is 16.7 Å². The van der Waals surface area contributed by atoms with Crippen LogP contribution in [0.2, 0.25) is 0 Å². The Bertz CT molecular complexity index is 3160. The van der Waals surface area contributed by atoms with Gasteiger partial charge < -0.3 is 13.7 Å². The summed E-state index contributed by atoms with van der Waals surface area (Å²) in [7, 11) is 0. The van der Waals surface area contributed by atoms with E-state index in [1.165, 1.54) is 36.9 Å². The van der Waals surface area contributed by atoms with E-state index in [-0.39, 0.29) is 0 Å². The number of hydrogen-bond donors (Lipinski definition) is 0. The fourth-order valence-corrected chi connectivity index (χ4v) is 8.93. The molecule has 0 radical (unpaired) electrons. The highest BCUT2D eigenvalue weighted by atomic mass is 32.1. The second-order valence-corrected chi connectivity index (χ2v) is 14.6. The summed E-state index contributed by atoms with van der Waals surface area (Å²) in [5.74, 6) is 0.602. The van der Waals surface area contributed by atoms with E-state index in [1.807, 2.05) is 53.8 Å². The molecule has 0 saturated heterocycles. The summed E-state index contributed by atoms with van der Waals surface area (Å²) in [5, 5.41) is 4.63. The summed E-state index contributed by atoms with van der Waals surface area (Å²) in [6.07, 6.45) is 0. The van der Waals surface area contributed by atoms with Crippen molar-refractivity contribution in [2.24, 2.45) is 0 Å². The van der Waals surface area contributed by atoms with E-state index in [0.29, 0.717) is 5.89 Å². The molecular formula is C49H30N2O2S. The summed E-state index contributed by atoms with van der Waals surface area (Å²) in [6, 6.07) is 64.0. The molecule has 8 aromatic carbocycles. The minimum absolute atomic E-state index is 0.602. The molecule has 3 heterocycles. The molecule has 0 saturated carbocycles. The van der Waals surface area contributed by atoms with E-state index in [1.54, 1.807) is 0 Å². The fraction of sp³-hybridized carbons (Fsp3) is 0. The van der Waals surface area contributed by atoms with E-state index < -0.39 is 0 Å². The molecule has 3 aromatic heterocycles. The lowest BCUT2D eigenvalue weighted by molar-refractivity contribution is 0.620. The Kier molecular flexibility index (Phi) is 7.00. The fourth-order valence-electron chi connectivity index (χ4n) is 7.70. The van der Waals surface area contributed by atoms with E-state index >= 15 is 0 Å². The van der Waals surface area contributed by atoms with Crippen molar-refractivity contribution in [1.82, 2.24) is 4.98 Å². The zero-order chi connectivity index (χ0) is 35.6. The minimum Gasteiger partial charge on any atom is -0.456 e. The summed E-state index contributed by atoms with van der Waals surface area (Å²) < 4.78 is 15.4. The van der Waals surface area contributed by atoms with Crippen LogP contribution in [0, 0.1) is 0 Å². The first-order chi connectivity index (χ1) is 26.7. The number of nitrogens with zero attached hydrogens (tertiary/aromatic N) is 2. The number of rotatable bonds is 6. The van der Waals surface area contributed by atoms with Crippen molar-refractivity contribution < 1.29 is 8.83 Å². The Morgan fingerprint density at radius 1 is 0.407 bits per heavy atom. The van der Waals surface area contributed by atoms with Crippen molar-refractivity contribution in [1.29, 1.82) is 0 Å². The smallest absolute Gasteiger partial charge is 0.227 e. The Balaban J connectivity index is 1.03. The van der Waals surface area contributed by atoms with Gasteiger partial charge in [-0.25, -0.2) is 4.98 Å². The molecule has 54 heavy (non-hydrogen) atoms. The van der Waals surface area contributed by atoms with Gasteiger partial charge >= 0.3 is 0 Å². The van der Waals surface area contributed by atoms with Crippen molar-refractivity contribution in [3.63, 3.8) is 0 Å². The van der Waals surface area contributed by atoms with Crippen molar-refractivity contribution >= 4 is 81.6 Å².